The number of anilines is 1. The van der Waals surface area contributed by atoms with Gasteiger partial charge < -0.3 is 15.4 Å². The minimum absolute atomic E-state index is 0.0731. The molecule has 1 aromatic heterocycles. The third kappa shape index (κ3) is 1.62. The average molecular weight is 218 g/mol. The van der Waals surface area contributed by atoms with Gasteiger partial charge in [0.05, 0.1) is 5.69 Å². The molecule has 0 bridgehead atoms. The lowest BCUT2D eigenvalue weighted by atomic mass is 10.1. The number of phenols is 1. The highest BCUT2D eigenvalue weighted by Crippen LogP contribution is 2.31. The molecule has 2 aromatic rings. The van der Waals surface area contributed by atoms with Crippen LogP contribution in [0.4, 0.5) is 5.69 Å². The van der Waals surface area contributed by atoms with E-state index in [1.165, 1.54) is 6.92 Å². The summed E-state index contributed by atoms with van der Waals surface area (Å²) in [4.78, 5) is 14.1. The van der Waals surface area contributed by atoms with Gasteiger partial charge in [-0.1, -0.05) is 0 Å². The summed E-state index contributed by atoms with van der Waals surface area (Å²) in [5, 5.41) is 13.3. The number of phenolic OH excluding ortho intramolecular Hbond substituents is 1. The Morgan fingerprint density at radius 1 is 1.38 bits per heavy atom. The van der Waals surface area contributed by atoms with Gasteiger partial charge in [0.2, 0.25) is 5.91 Å². The summed E-state index contributed by atoms with van der Waals surface area (Å²) in [7, 11) is 0. The van der Waals surface area contributed by atoms with Crippen molar-refractivity contribution in [3.8, 4) is 5.75 Å². The van der Waals surface area contributed by atoms with Gasteiger partial charge >= 0.3 is 0 Å². The molecule has 0 atom stereocenters. The molecule has 84 valence electrons. The molecule has 3 N–H and O–H groups in total. The maximum Gasteiger partial charge on any atom is 0.221 e. The number of aromatic amines is 1. The van der Waals surface area contributed by atoms with Crippen molar-refractivity contribution in [2.75, 3.05) is 5.32 Å². The molecule has 1 aromatic carbocycles. The fourth-order valence-electron chi connectivity index (χ4n) is 1.79. The molecule has 0 aliphatic heterocycles. The van der Waals surface area contributed by atoms with Gasteiger partial charge in [-0.05, 0) is 25.5 Å². The predicted octanol–water partition coefficient (Wildman–Crippen LogP) is 2.45. The molecule has 2 rings (SSSR count). The van der Waals surface area contributed by atoms with Crippen LogP contribution in [0.3, 0.4) is 0 Å². The molecule has 0 saturated heterocycles. The fraction of sp³-hybridized carbons (Fsp3) is 0.250. The van der Waals surface area contributed by atoms with Crippen molar-refractivity contribution >= 4 is 22.5 Å². The Labute approximate surface area is 93.3 Å². The molecule has 0 aliphatic carbocycles. The molecule has 0 spiro atoms. The molecule has 0 fully saturated rings. The van der Waals surface area contributed by atoms with Crippen molar-refractivity contribution in [1.82, 2.24) is 4.98 Å². The van der Waals surface area contributed by atoms with E-state index in [1.807, 2.05) is 13.8 Å². The van der Waals surface area contributed by atoms with Crippen molar-refractivity contribution < 1.29 is 9.90 Å². The molecule has 0 aliphatic rings. The molecule has 16 heavy (non-hydrogen) atoms. The number of hydrogen-bond acceptors (Lipinski definition) is 2. The molecule has 0 radical (unpaired) electrons. The number of H-pyrrole nitrogens is 1. The number of benzene rings is 1. The highest BCUT2D eigenvalue weighted by molar-refractivity contribution is 5.96. The van der Waals surface area contributed by atoms with E-state index in [9.17, 15) is 9.90 Å². The number of aromatic hydroxyl groups is 1. The van der Waals surface area contributed by atoms with Crippen molar-refractivity contribution in [2.24, 2.45) is 0 Å². The molecule has 0 unspecified atom stereocenters. The smallest absolute Gasteiger partial charge is 0.221 e. The van der Waals surface area contributed by atoms with Crippen LogP contribution in [0, 0.1) is 13.8 Å². The zero-order valence-electron chi connectivity index (χ0n) is 9.51. The quantitative estimate of drug-likeness (QED) is 0.644. The zero-order valence-corrected chi connectivity index (χ0v) is 9.51. The van der Waals surface area contributed by atoms with Crippen LogP contribution < -0.4 is 5.32 Å². The average Bonchev–Trinajstić information content (AvgIpc) is 2.44. The van der Waals surface area contributed by atoms with Crippen LogP contribution in [0.5, 0.6) is 5.75 Å². The Bertz CT molecular complexity index is 570. The number of carbonyl (C=O) groups excluding carboxylic acids is 1. The van der Waals surface area contributed by atoms with E-state index in [0.29, 0.717) is 5.69 Å². The topological polar surface area (TPSA) is 65.1 Å². The first-order chi connectivity index (χ1) is 7.49. The summed E-state index contributed by atoms with van der Waals surface area (Å²) in [5.74, 6) is -0.122. The van der Waals surface area contributed by atoms with Gasteiger partial charge in [-0.3, -0.25) is 4.79 Å². The minimum Gasteiger partial charge on any atom is -0.506 e. The van der Waals surface area contributed by atoms with Gasteiger partial charge in [-0.25, -0.2) is 0 Å². The minimum atomic E-state index is -0.195. The summed E-state index contributed by atoms with van der Waals surface area (Å²) in [6.07, 6.45) is 0. The van der Waals surface area contributed by atoms with Gasteiger partial charge in [-0.2, -0.15) is 0 Å². The third-order valence-corrected chi connectivity index (χ3v) is 2.74. The first-order valence-corrected chi connectivity index (χ1v) is 5.08. The maximum absolute atomic E-state index is 11.0. The number of rotatable bonds is 1. The second-order valence-corrected chi connectivity index (χ2v) is 3.97. The van der Waals surface area contributed by atoms with E-state index in [4.69, 9.17) is 0 Å². The van der Waals surface area contributed by atoms with Gasteiger partial charge in [0.1, 0.15) is 5.75 Å². The lowest BCUT2D eigenvalue weighted by molar-refractivity contribution is -0.114. The van der Waals surface area contributed by atoms with Crippen LogP contribution in [-0.2, 0) is 4.79 Å². The van der Waals surface area contributed by atoms with Crippen molar-refractivity contribution in [3.05, 3.63) is 23.4 Å². The normalized spacial score (nSPS) is 10.7. The monoisotopic (exact) mass is 218 g/mol. The van der Waals surface area contributed by atoms with E-state index in [-0.39, 0.29) is 11.7 Å². The van der Waals surface area contributed by atoms with Crippen LogP contribution in [0.1, 0.15) is 18.2 Å². The Hall–Kier alpha value is -1.97. The zero-order chi connectivity index (χ0) is 11.9. The highest BCUT2D eigenvalue weighted by Gasteiger charge is 2.09. The SMILES string of the molecule is CC(=O)Nc1cc2c(C)c(C)[nH]c2cc1O. The molecule has 1 heterocycles. The van der Waals surface area contributed by atoms with Gasteiger partial charge in [0.15, 0.2) is 0 Å². The number of aromatic nitrogens is 1. The number of aryl methyl sites for hydroxylation is 2. The molecule has 4 nitrogen and oxygen atoms in total. The van der Waals surface area contributed by atoms with E-state index in [0.717, 1.165) is 22.2 Å². The summed E-state index contributed by atoms with van der Waals surface area (Å²) in [6.45, 7) is 5.39. The van der Waals surface area contributed by atoms with Crippen molar-refractivity contribution in [3.63, 3.8) is 0 Å². The summed E-state index contributed by atoms with van der Waals surface area (Å²) < 4.78 is 0. The van der Waals surface area contributed by atoms with Gasteiger partial charge in [-0.15, -0.1) is 0 Å². The second-order valence-electron chi connectivity index (χ2n) is 3.97. The molecular weight excluding hydrogens is 204 g/mol. The number of amides is 1. The Morgan fingerprint density at radius 3 is 2.69 bits per heavy atom. The van der Waals surface area contributed by atoms with Crippen LogP contribution in [0.15, 0.2) is 12.1 Å². The second kappa shape index (κ2) is 3.56. The molecule has 1 amide bonds. The predicted molar refractivity (Wildman–Crippen MR) is 63.7 cm³/mol. The van der Waals surface area contributed by atoms with Crippen LogP contribution in [0.25, 0.3) is 10.9 Å². The van der Waals surface area contributed by atoms with Crippen LogP contribution >= 0.6 is 0 Å². The number of carbonyl (C=O) groups is 1. The maximum atomic E-state index is 11.0. The largest absolute Gasteiger partial charge is 0.506 e. The lowest BCUT2D eigenvalue weighted by Gasteiger charge is -2.05. The van der Waals surface area contributed by atoms with E-state index < -0.39 is 0 Å². The van der Waals surface area contributed by atoms with E-state index in [2.05, 4.69) is 10.3 Å². The Kier molecular flexibility index (Phi) is 2.34. The first-order valence-electron chi connectivity index (χ1n) is 5.08. The highest BCUT2D eigenvalue weighted by atomic mass is 16.3. The standard InChI is InChI=1S/C12H14N2O2/c1-6-7(2)13-10-5-12(16)11(4-9(6)10)14-8(3)15/h4-5,13,16H,1-3H3,(H,14,15). The third-order valence-electron chi connectivity index (χ3n) is 2.74. The molecular formula is C12H14N2O2. The van der Waals surface area contributed by atoms with Crippen LogP contribution in [0.2, 0.25) is 0 Å². The number of fused-ring (bicyclic) bond motifs is 1. The van der Waals surface area contributed by atoms with Crippen LogP contribution in [-0.4, -0.2) is 16.0 Å². The lowest BCUT2D eigenvalue weighted by Crippen LogP contribution is -2.05. The molecule has 4 heteroatoms. The first kappa shape index (κ1) is 10.5. The van der Waals surface area contributed by atoms with Crippen molar-refractivity contribution in [1.29, 1.82) is 0 Å². The number of hydrogen-bond donors (Lipinski definition) is 3. The molecule has 0 saturated carbocycles. The number of nitrogens with one attached hydrogen (secondary N) is 2. The van der Waals surface area contributed by atoms with Crippen molar-refractivity contribution in [2.45, 2.75) is 20.8 Å². The van der Waals surface area contributed by atoms with Gasteiger partial charge in [0, 0.05) is 29.6 Å². The Morgan fingerprint density at radius 2 is 2.06 bits per heavy atom. The van der Waals surface area contributed by atoms with E-state index in [1.54, 1.807) is 12.1 Å². The van der Waals surface area contributed by atoms with E-state index >= 15 is 0 Å². The van der Waals surface area contributed by atoms with Gasteiger partial charge in [0.25, 0.3) is 0 Å². The summed E-state index contributed by atoms with van der Waals surface area (Å²) in [5.41, 5.74) is 3.51. The summed E-state index contributed by atoms with van der Waals surface area (Å²) >= 11 is 0. The summed E-state index contributed by atoms with van der Waals surface area (Å²) in [6, 6.07) is 3.41. The Balaban J connectivity index is 2.64. The fourth-order valence-corrected chi connectivity index (χ4v) is 1.79.